The number of piperazine rings is 1. The monoisotopic (exact) mass is 447 g/mol. The van der Waals surface area contributed by atoms with Crippen molar-refractivity contribution >= 4 is 16.9 Å². The maximum atomic E-state index is 12.7. The fourth-order valence-electron chi connectivity index (χ4n) is 5.28. The van der Waals surface area contributed by atoms with Crippen molar-refractivity contribution in [2.45, 2.75) is 60.0 Å². The lowest BCUT2D eigenvalue weighted by molar-refractivity contribution is 0.0883. The second-order valence-electron chi connectivity index (χ2n) is 9.77. The van der Waals surface area contributed by atoms with E-state index in [2.05, 4.69) is 67.6 Å². The number of nitrogens with zero attached hydrogens (tertiary/aromatic N) is 5. The first kappa shape index (κ1) is 23.4. The van der Waals surface area contributed by atoms with E-state index >= 15 is 0 Å². The van der Waals surface area contributed by atoms with Gasteiger partial charge in [0.1, 0.15) is 5.52 Å². The van der Waals surface area contributed by atoms with Crippen LogP contribution in [0.2, 0.25) is 0 Å². The van der Waals surface area contributed by atoms with Crippen molar-refractivity contribution in [3.8, 4) is 0 Å². The van der Waals surface area contributed by atoms with Crippen molar-refractivity contribution in [3.05, 3.63) is 63.2 Å². The van der Waals surface area contributed by atoms with Gasteiger partial charge in [0.05, 0.1) is 5.52 Å². The predicted molar refractivity (Wildman–Crippen MR) is 136 cm³/mol. The molecule has 1 aromatic carbocycles. The molecule has 0 amide bonds. The van der Waals surface area contributed by atoms with E-state index in [4.69, 9.17) is 4.98 Å². The Labute approximate surface area is 197 Å². The third-order valence-corrected chi connectivity index (χ3v) is 7.51. The minimum Gasteiger partial charge on any atom is -0.352 e. The predicted octanol–water partition coefficient (Wildman–Crippen LogP) is 4.55. The largest absolute Gasteiger partial charge is 0.352 e. The molecule has 2 unspecified atom stereocenters. The third kappa shape index (κ3) is 4.41. The van der Waals surface area contributed by atoms with Gasteiger partial charge in [0.25, 0.3) is 0 Å². The van der Waals surface area contributed by atoms with Crippen molar-refractivity contribution in [3.63, 3.8) is 0 Å². The van der Waals surface area contributed by atoms with Crippen LogP contribution in [0.5, 0.6) is 0 Å². The molecule has 1 fully saturated rings. The SMILES string of the molecule is CC[C@H](C)C1CN(c2nc(=O)n(C)c3ccc(C)nc23)CCN1C(C)c1ccc(C)cc1C. The van der Waals surface area contributed by atoms with E-state index < -0.39 is 0 Å². The minimum atomic E-state index is -0.227. The number of anilines is 1. The Morgan fingerprint density at radius 3 is 2.52 bits per heavy atom. The standard InChI is InChI=1S/C27H37N5O/c1-8-18(3)24-16-31(13-14-32(24)21(6)22-11-9-17(2)15-19(22)4)26-25-23(12-10-20(5)28-25)30(7)27(33)29-26/h9-12,15,18,21,24H,8,13-14,16H2,1-7H3/t18-,21?,24?/m0/s1. The van der Waals surface area contributed by atoms with Gasteiger partial charge in [0.15, 0.2) is 5.82 Å². The summed E-state index contributed by atoms with van der Waals surface area (Å²) in [6.07, 6.45) is 1.11. The van der Waals surface area contributed by atoms with Crippen LogP contribution in [0.15, 0.2) is 35.1 Å². The Balaban J connectivity index is 1.71. The quantitative estimate of drug-likeness (QED) is 0.574. The third-order valence-electron chi connectivity index (χ3n) is 7.51. The molecular formula is C27H37N5O. The molecule has 3 heterocycles. The van der Waals surface area contributed by atoms with Gasteiger partial charge in [-0.1, -0.05) is 44.0 Å². The van der Waals surface area contributed by atoms with Gasteiger partial charge in [-0.25, -0.2) is 9.78 Å². The van der Waals surface area contributed by atoms with E-state index in [-0.39, 0.29) is 5.69 Å². The summed E-state index contributed by atoms with van der Waals surface area (Å²) in [7, 11) is 1.77. The Bertz CT molecular complexity index is 1220. The number of hydrogen-bond donors (Lipinski definition) is 0. The number of aromatic nitrogens is 3. The van der Waals surface area contributed by atoms with Gasteiger partial charge in [0.2, 0.25) is 0 Å². The van der Waals surface area contributed by atoms with Gasteiger partial charge in [0, 0.05) is 44.5 Å². The molecule has 0 aliphatic carbocycles. The first-order valence-electron chi connectivity index (χ1n) is 12.1. The molecular weight excluding hydrogens is 410 g/mol. The van der Waals surface area contributed by atoms with Crippen LogP contribution in [0.3, 0.4) is 0 Å². The van der Waals surface area contributed by atoms with Crippen LogP contribution in [0.1, 0.15) is 55.6 Å². The Kier molecular flexibility index (Phi) is 6.57. The molecule has 0 saturated carbocycles. The van der Waals surface area contributed by atoms with Crippen LogP contribution in [-0.2, 0) is 7.05 Å². The van der Waals surface area contributed by atoms with Gasteiger partial charge in [-0.2, -0.15) is 4.98 Å². The summed E-state index contributed by atoms with van der Waals surface area (Å²) < 4.78 is 1.59. The van der Waals surface area contributed by atoms with Gasteiger partial charge in [-0.3, -0.25) is 9.47 Å². The lowest BCUT2D eigenvalue weighted by Crippen LogP contribution is -2.56. The topological polar surface area (TPSA) is 54.3 Å². The molecule has 3 atom stereocenters. The second-order valence-corrected chi connectivity index (χ2v) is 9.77. The number of hydrogen-bond acceptors (Lipinski definition) is 5. The average molecular weight is 448 g/mol. The molecule has 1 aliphatic rings. The zero-order valence-corrected chi connectivity index (χ0v) is 21.1. The maximum absolute atomic E-state index is 12.7. The highest BCUT2D eigenvalue weighted by molar-refractivity contribution is 5.86. The highest BCUT2D eigenvalue weighted by Gasteiger charge is 2.35. The summed E-state index contributed by atoms with van der Waals surface area (Å²) >= 11 is 0. The fraction of sp³-hybridized carbons (Fsp3) is 0.519. The van der Waals surface area contributed by atoms with Gasteiger partial charge < -0.3 is 4.90 Å². The Morgan fingerprint density at radius 1 is 1.06 bits per heavy atom. The van der Waals surface area contributed by atoms with Crippen LogP contribution >= 0.6 is 0 Å². The summed E-state index contributed by atoms with van der Waals surface area (Å²) in [6, 6.07) is 11.4. The fourth-order valence-corrected chi connectivity index (χ4v) is 5.28. The van der Waals surface area contributed by atoms with Crippen LogP contribution in [0, 0.1) is 26.7 Å². The van der Waals surface area contributed by atoms with E-state index in [1.807, 2.05) is 19.1 Å². The van der Waals surface area contributed by atoms with Crippen LogP contribution in [0.25, 0.3) is 11.0 Å². The molecule has 1 aliphatic heterocycles. The first-order chi connectivity index (χ1) is 15.7. The lowest BCUT2D eigenvalue weighted by Gasteiger charge is -2.47. The molecule has 6 nitrogen and oxygen atoms in total. The van der Waals surface area contributed by atoms with Crippen molar-refractivity contribution in [2.24, 2.45) is 13.0 Å². The van der Waals surface area contributed by atoms with Crippen molar-refractivity contribution in [1.29, 1.82) is 0 Å². The van der Waals surface area contributed by atoms with Gasteiger partial charge in [-0.05, 0) is 56.9 Å². The van der Waals surface area contributed by atoms with Crippen molar-refractivity contribution < 1.29 is 0 Å². The maximum Gasteiger partial charge on any atom is 0.349 e. The zero-order chi connectivity index (χ0) is 23.9. The molecule has 0 N–H and O–H groups in total. The number of pyridine rings is 1. The smallest absolute Gasteiger partial charge is 0.349 e. The normalized spacial score (nSPS) is 19.1. The summed E-state index contributed by atoms with van der Waals surface area (Å²) in [6.45, 7) is 15.9. The summed E-state index contributed by atoms with van der Waals surface area (Å²) in [5.41, 5.74) is 6.42. The summed E-state index contributed by atoms with van der Waals surface area (Å²) in [5, 5.41) is 0. The van der Waals surface area contributed by atoms with E-state index in [1.165, 1.54) is 16.7 Å². The molecule has 3 aromatic rings. The number of fused-ring (bicyclic) bond motifs is 1. The highest BCUT2D eigenvalue weighted by atomic mass is 16.1. The van der Waals surface area contributed by atoms with E-state index in [0.717, 1.165) is 48.6 Å². The molecule has 0 spiro atoms. The van der Waals surface area contributed by atoms with E-state index in [9.17, 15) is 4.79 Å². The van der Waals surface area contributed by atoms with Crippen molar-refractivity contribution in [2.75, 3.05) is 24.5 Å². The molecule has 6 heteroatoms. The molecule has 2 aromatic heterocycles. The average Bonchev–Trinajstić information content (AvgIpc) is 2.80. The highest BCUT2D eigenvalue weighted by Crippen LogP contribution is 2.33. The molecule has 1 saturated heterocycles. The van der Waals surface area contributed by atoms with E-state index in [0.29, 0.717) is 18.0 Å². The summed E-state index contributed by atoms with van der Waals surface area (Å²) in [4.78, 5) is 26.9. The number of benzene rings is 1. The first-order valence-corrected chi connectivity index (χ1v) is 12.1. The van der Waals surface area contributed by atoms with Gasteiger partial charge >= 0.3 is 5.69 Å². The van der Waals surface area contributed by atoms with Crippen LogP contribution in [0.4, 0.5) is 5.82 Å². The van der Waals surface area contributed by atoms with Crippen molar-refractivity contribution in [1.82, 2.24) is 19.4 Å². The van der Waals surface area contributed by atoms with Crippen LogP contribution in [-0.4, -0.2) is 45.1 Å². The molecule has 33 heavy (non-hydrogen) atoms. The molecule has 4 rings (SSSR count). The Morgan fingerprint density at radius 2 is 1.82 bits per heavy atom. The molecule has 0 bridgehead atoms. The zero-order valence-electron chi connectivity index (χ0n) is 21.1. The molecule has 176 valence electrons. The second kappa shape index (κ2) is 9.26. The number of aryl methyl sites for hydroxylation is 4. The lowest BCUT2D eigenvalue weighted by atomic mass is 9.91. The van der Waals surface area contributed by atoms with Crippen LogP contribution < -0.4 is 10.6 Å². The molecule has 0 radical (unpaired) electrons. The van der Waals surface area contributed by atoms with E-state index in [1.54, 1.807) is 11.6 Å². The minimum absolute atomic E-state index is 0.227. The Hall–Kier alpha value is -2.73. The number of rotatable bonds is 5. The van der Waals surface area contributed by atoms with Gasteiger partial charge in [-0.15, -0.1) is 0 Å². The summed E-state index contributed by atoms with van der Waals surface area (Å²) in [5.74, 6) is 1.25.